The lowest BCUT2D eigenvalue weighted by molar-refractivity contribution is -0.0513. The number of ether oxygens (including phenoxy) is 1. The molecule has 5 heteroatoms. The quantitative estimate of drug-likeness (QED) is 0.712. The fourth-order valence-electron chi connectivity index (χ4n) is 0.569. The van der Waals surface area contributed by atoms with Gasteiger partial charge in [-0.25, -0.2) is 0 Å². The molecule has 0 saturated heterocycles. The van der Waals surface area contributed by atoms with E-state index < -0.39 is 12.4 Å². The standard InChI is InChI=1S/C6H5F2NO2/c7-6(8)11-5-1-2-9-3-4(5)10/h1-3,6,10H. The molecular formula is C6H5F2NO2. The third kappa shape index (κ3) is 2.03. The largest absolute Gasteiger partial charge is 0.503 e. The average Bonchev–Trinajstić information content (AvgIpc) is 1.93. The van der Waals surface area contributed by atoms with Gasteiger partial charge in [-0.05, 0) is 0 Å². The predicted octanol–water partition coefficient (Wildman–Crippen LogP) is 1.39. The third-order valence-corrected chi connectivity index (χ3v) is 0.977. The van der Waals surface area contributed by atoms with Gasteiger partial charge in [0.25, 0.3) is 0 Å². The number of alkyl halides is 2. The maximum Gasteiger partial charge on any atom is 0.387 e. The molecule has 11 heavy (non-hydrogen) atoms. The van der Waals surface area contributed by atoms with Gasteiger partial charge in [0.2, 0.25) is 0 Å². The molecule has 1 rings (SSSR count). The summed E-state index contributed by atoms with van der Waals surface area (Å²) in [5.41, 5.74) is 0. The Hall–Kier alpha value is -1.39. The third-order valence-electron chi connectivity index (χ3n) is 0.977. The molecule has 0 fully saturated rings. The van der Waals surface area contributed by atoms with Crippen molar-refractivity contribution in [1.82, 2.24) is 4.98 Å². The average molecular weight is 161 g/mol. The maximum absolute atomic E-state index is 11.5. The summed E-state index contributed by atoms with van der Waals surface area (Å²) < 4.78 is 27.0. The van der Waals surface area contributed by atoms with Crippen LogP contribution in [0.1, 0.15) is 0 Å². The normalized spacial score (nSPS) is 10.1. The Labute approximate surface area is 61.3 Å². The summed E-state index contributed by atoms with van der Waals surface area (Å²) in [4.78, 5) is 3.48. The van der Waals surface area contributed by atoms with E-state index in [4.69, 9.17) is 5.11 Å². The van der Waals surface area contributed by atoms with E-state index in [0.717, 1.165) is 12.3 Å². The second kappa shape index (κ2) is 3.14. The van der Waals surface area contributed by atoms with Gasteiger partial charge in [-0.2, -0.15) is 8.78 Å². The van der Waals surface area contributed by atoms with Crippen LogP contribution >= 0.6 is 0 Å². The fraction of sp³-hybridized carbons (Fsp3) is 0.167. The fourth-order valence-corrected chi connectivity index (χ4v) is 0.569. The van der Waals surface area contributed by atoms with E-state index in [1.165, 1.54) is 6.20 Å². The number of halogens is 2. The van der Waals surface area contributed by atoms with E-state index in [-0.39, 0.29) is 5.75 Å². The smallest absolute Gasteiger partial charge is 0.387 e. The van der Waals surface area contributed by atoms with Crippen LogP contribution in [0, 0.1) is 0 Å². The predicted molar refractivity (Wildman–Crippen MR) is 32.5 cm³/mol. The molecule has 0 bridgehead atoms. The van der Waals surface area contributed by atoms with Gasteiger partial charge >= 0.3 is 6.61 Å². The highest BCUT2D eigenvalue weighted by molar-refractivity contribution is 5.34. The van der Waals surface area contributed by atoms with Crippen LogP contribution in [0.2, 0.25) is 0 Å². The molecule has 0 radical (unpaired) electrons. The highest BCUT2D eigenvalue weighted by atomic mass is 19.3. The van der Waals surface area contributed by atoms with Crippen molar-refractivity contribution in [2.45, 2.75) is 6.61 Å². The highest BCUT2D eigenvalue weighted by Gasteiger charge is 2.07. The first-order valence-electron chi connectivity index (χ1n) is 2.78. The minimum absolute atomic E-state index is 0.269. The van der Waals surface area contributed by atoms with Crippen molar-refractivity contribution in [2.24, 2.45) is 0 Å². The Morgan fingerprint density at radius 2 is 2.27 bits per heavy atom. The van der Waals surface area contributed by atoms with Crippen LogP contribution in [0.3, 0.4) is 0 Å². The summed E-state index contributed by atoms with van der Waals surface area (Å²) in [6.07, 6.45) is 2.27. The van der Waals surface area contributed by atoms with E-state index in [2.05, 4.69) is 9.72 Å². The highest BCUT2D eigenvalue weighted by Crippen LogP contribution is 2.24. The Bertz CT molecular complexity index is 242. The molecule has 0 aliphatic rings. The number of nitrogens with zero attached hydrogens (tertiary/aromatic N) is 1. The molecule has 0 aromatic carbocycles. The van der Waals surface area contributed by atoms with E-state index in [1.807, 2.05) is 0 Å². The molecule has 1 N–H and O–H groups in total. The number of aromatic nitrogens is 1. The molecule has 0 amide bonds. The molecule has 1 aromatic rings. The number of pyridine rings is 1. The summed E-state index contributed by atoms with van der Waals surface area (Å²) in [5, 5.41) is 8.84. The Morgan fingerprint density at radius 1 is 1.55 bits per heavy atom. The van der Waals surface area contributed by atoms with Crippen LogP contribution < -0.4 is 4.74 Å². The van der Waals surface area contributed by atoms with Gasteiger partial charge in [0.05, 0.1) is 6.20 Å². The zero-order valence-corrected chi connectivity index (χ0v) is 5.37. The van der Waals surface area contributed by atoms with Crippen LogP contribution in [-0.4, -0.2) is 16.7 Å². The van der Waals surface area contributed by atoms with Gasteiger partial charge in [0.15, 0.2) is 11.5 Å². The van der Waals surface area contributed by atoms with Crippen molar-refractivity contribution in [3.63, 3.8) is 0 Å². The van der Waals surface area contributed by atoms with Crippen LogP contribution in [0.25, 0.3) is 0 Å². The number of hydrogen-bond acceptors (Lipinski definition) is 3. The van der Waals surface area contributed by atoms with Crippen molar-refractivity contribution in [3.8, 4) is 11.5 Å². The molecule has 0 aliphatic carbocycles. The second-order valence-corrected chi connectivity index (χ2v) is 1.72. The van der Waals surface area contributed by atoms with Crippen molar-refractivity contribution >= 4 is 0 Å². The molecule has 0 spiro atoms. The van der Waals surface area contributed by atoms with Gasteiger partial charge < -0.3 is 9.84 Å². The van der Waals surface area contributed by atoms with Crippen molar-refractivity contribution in [1.29, 1.82) is 0 Å². The molecule has 0 atom stereocenters. The minimum atomic E-state index is -2.93. The molecule has 0 aliphatic heterocycles. The topological polar surface area (TPSA) is 42.4 Å². The van der Waals surface area contributed by atoms with Crippen molar-refractivity contribution in [3.05, 3.63) is 18.5 Å². The zero-order valence-electron chi connectivity index (χ0n) is 5.37. The first-order chi connectivity index (χ1) is 5.20. The van der Waals surface area contributed by atoms with Gasteiger partial charge in [0, 0.05) is 12.3 Å². The van der Waals surface area contributed by atoms with Gasteiger partial charge in [0.1, 0.15) is 0 Å². The molecule has 1 aromatic heterocycles. The summed E-state index contributed by atoms with van der Waals surface area (Å²) in [5.74, 6) is -0.664. The summed E-state index contributed by atoms with van der Waals surface area (Å²) >= 11 is 0. The molecule has 0 saturated carbocycles. The summed E-state index contributed by atoms with van der Waals surface area (Å²) in [6, 6.07) is 1.15. The van der Waals surface area contributed by atoms with Crippen molar-refractivity contribution < 1.29 is 18.6 Å². The van der Waals surface area contributed by atoms with Crippen LogP contribution in [-0.2, 0) is 0 Å². The van der Waals surface area contributed by atoms with E-state index >= 15 is 0 Å². The van der Waals surface area contributed by atoms with Crippen LogP contribution in [0.4, 0.5) is 8.78 Å². The first kappa shape index (κ1) is 7.71. The van der Waals surface area contributed by atoms with E-state index in [1.54, 1.807) is 0 Å². The number of rotatable bonds is 2. The lowest BCUT2D eigenvalue weighted by Crippen LogP contribution is -2.01. The SMILES string of the molecule is Oc1cnccc1OC(F)F. The van der Waals surface area contributed by atoms with E-state index in [9.17, 15) is 8.78 Å². The van der Waals surface area contributed by atoms with Crippen molar-refractivity contribution in [2.75, 3.05) is 0 Å². The van der Waals surface area contributed by atoms with Crippen LogP contribution in [0.5, 0.6) is 11.5 Å². The number of aromatic hydroxyl groups is 1. The molecule has 60 valence electrons. The maximum atomic E-state index is 11.5. The molecule has 1 heterocycles. The monoisotopic (exact) mass is 161 g/mol. The van der Waals surface area contributed by atoms with Gasteiger partial charge in [-0.1, -0.05) is 0 Å². The Morgan fingerprint density at radius 3 is 2.82 bits per heavy atom. The van der Waals surface area contributed by atoms with Crippen LogP contribution in [0.15, 0.2) is 18.5 Å². The second-order valence-electron chi connectivity index (χ2n) is 1.72. The lowest BCUT2D eigenvalue weighted by atomic mass is 10.4. The Balaban J connectivity index is 2.78. The van der Waals surface area contributed by atoms with E-state index in [0.29, 0.717) is 0 Å². The molecule has 3 nitrogen and oxygen atoms in total. The first-order valence-corrected chi connectivity index (χ1v) is 2.78. The summed E-state index contributed by atoms with van der Waals surface area (Å²) in [7, 11) is 0. The Kier molecular flexibility index (Phi) is 2.20. The van der Waals surface area contributed by atoms with Gasteiger partial charge in [-0.15, -0.1) is 0 Å². The molecular weight excluding hydrogens is 156 g/mol. The number of hydrogen-bond donors (Lipinski definition) is 1. The lowest BCUT2D eigenvalue weighted by Gasteiger charge is -2.04. The summed E-state index contributed by atoms with van der Waals surface area (Å²) in [6.45, 7) is -2.93. The van der Waals surface area contributed by atoms with Gasteiger partial charge in [-0.3, -0.25) is 4.98 Å². The minimum Gasteiger partial charge on any atom is -0.503 e. The molecule has 0 unspecified atom stereocenters. The zero-order chi connectivity index (χ0) is 8.27.